The van der Waals surface area contributed by atoms with Gasteiger partial charge in [0.05, 0.1) is 17.5 Å². The van der Waals surface area contributed by atoms with Crippen molar-refractivity contribution in [3.63, 3.8) is 0 Å². The molecule has 0 radical (unpaired) electrons. The Morgan fingerprint density at radius 1 is 1.29 bits per heavy atom. The molecule has 0 saturated carbocycles. The molecule has 17 heavy (non-hydrogen) atoms. The fourth-order valence-corrected chi connectivity index (χ4v) is 3.58. The molecule has 1 aliphatic heterocycles. The second-order valence-electron chi connectivity index (χ2n) is 4.29. The van der Waals surface area contributed by atoms with Crippen LogP contribution in [0.4, 0.5) is 0 Å². The molecule has 1 saturated heterocycles. The molecular formula is C12H16N2O2S. The van der Waals surface area contributed by atoms with Gasteiger partial charge in [0.25, 0.3) is 0 Å². The van der Waals surface area contributed by atoms with E-state index in [-0.39, 0.29) is 17.5 Å². The molecule has 1 unspecified atom stereocenters. The Kier molecular flexibility index (Phi) is 3.47. The number of nitrogens with zero attached hydrogens (tertiary/aromatic N) is 1. The molecule has 1 heterocycles. The smallest absolute Gasteiger partial charge is 0.152 e. The quantitative estimate of drug-likeness (QED) is 0.629. The maximum Gasteiger partial charge on any atom is 0.152 e. The number of aliphatic imine (C=N–C) groups is 1. The number of hydrogen-bond donors (Lipinski definition) is 1. The van der Waals surface area contributed by atoms with Gasteiger partial charge in [-0.2, -0.15) is 0 Å². The lowest BCUT2D eigenvalue weighted by atomic mass is 10.1. The van der Waals surface area contributed by atoms with Crippen molar-refractivity contribution in [3.05, 3.63) is 35.9 Å². The third-order valence-electron chi connectivity index (χ3n) is 2.83. The zero-order valence-electron chi connectivity index (χ0n) is 9.54. The Morgan fingerprint density at radius 2 is 2.00 bits per heavy atom. The van der Waals surface area contributed by atoms with Gasteiger partial charge in [-0.15, -0.1) is 0 Å². The number of amidine groups is 1. The molecule has 0 aromatic heterocycles. The van der Waals surface area contributed by atoms with Crippen molar-refractivity contribution in [1.29, 1.82) is 0 Å². The number of benzene rings is 1. The summed E-state index contributed by atoms with van der Waals surface area (Å²) in [5, 5.41) is 0. The van der Waals surface area contributed by atoms with Crippen molar-refractivity contribution in [2.24, 2.45) is 10.7 Å². The van der Waals surface area contributed by atoms with Gasteiger partial charge in [0, 0.05) is 5.56 Å². The Morgan fingerprint density at radius 3 is 2.65 bits per heavy atom. The molecule has 1 aliphatic rings. The van der Waals surface area contributed by atoms with E-state index in [0.717, 1.165) is 12.0 Å². The summed E-state index contributed by atoms with van der Waals surface area (Å²) in [7, 11) is -2.92. The maximum absolute atomic E-state index is 11.5. The second-order valence-corrected chi connectivity index (χ2v) is 6.52. The predicted molar refractivity (Wildman–Crippen MR) is 68.8 cm³/mol. The predicted octanol–water partition coefficient (Wildman–Crippen LogP) is 0.969. The minimum Gasteiger partial charge on any atom is -0.383 e. The van der Waals surface area contributed by atoms with E-state index >= 15 is 0 Å². The Hall–Kier alpha value is -1.36. The first-order valence-corrected chi connectivity index (χ1v) is 7.48. The average molecular weight is 252 g/mol. The Balaban J connectivity index is 2.14. The lowest BCUT2D eigenvalue weighted by Gasteiger charge is -2.18. The standard InChI is InChI=1S/C12H16N2O2S/c13-12(10-5-2-1-3-6-10)14-11-7-4-8-17(15,16)9-11/h1-3,5-6,11H,4,7-9H2,(H2,13,14). The topological polar surface area (TPSA) is 72.5 Å². The first kappa shape index (κ1) is 12.1. The van der Waals surface area contributed by atoms with Crippen LogP contribution in [0.5, 0.6) is 0 Å². The van der Waals surface area contributed by atoms with Crippen LogP contribution in [0.3, 0.4) is 0 Å². The summed E-state index contributed by atoms with van der Waals surface area (Å²) in [4.78, 5) is 4.32. The molecule has 0 bridgehead atoms. The van der Waals surface area contributed by atoms with Crippen molar-refractivity contribution < 1.29 is 8.42 Å². The van der Waals surface area contributed by atoms with Crippen molar-refractivity contribution in [2.45, 2.75) is 18.9 Å². The first-order chi connectivity index (χ1) is 8.07. The molecule has 1 aromatic carbocycles. The van der Waals surface area contributed by atoms with Gasteiger partial charge >= 0.3 is 0 Å². The second kappa shape index (κ2) is 4.87. The van der Waals surface area contributed by atoms with Crippen molar-refractivity contribution >= 4 is 15.7 Å². The minimum absolute atomic E-state index is 0.126. The number of sulfone groups is 1. The molecule has 1 fully saturated rings. The van der Waals surface area contributed by atoms with E-state index in [1.54, 1.807) is 0 Å². The van der Waals surface area contributed by atoms with Crippen molar-refractivity contribution in [2.75, 3.05) is 11.5 Å². The third-order valence-corrected chi connectivity index (χ3v) is 4.63. The van der Waals surface area contributed by atoms with Gasteiger partial charge in [-0.05, 0) is 12.8 Å². The fraction of sp³-hybridized carbons (Fsp3) is 0.417. The van der Waals surface area contributed by atoms with E-state index < -0.39 is 9.84 Å². The highest BCUT2D eigenvalue weighted by Crippen LogP contribution is 2.15. The van der Waals surface area contributed by atoms with Crippen LogP contribution >= 0.6 is 0 Å². The van der Waals surface area contributed by atoms with Gasteiger partial charge < -0.3 is 5.73 Å². The summed E-state index contributed by atoms with van der Waals surface area (Å²) in [5.41, 5.74) is 6.71. The molecule has 0 amide bonds. The van der Waals surface area contributed by atoms with Crippen LogP contribution in [-0.2, 0) is 9.84 Å². The van der Waals surface area contributed by atoms with Crippen LogP contribution in [0, 0.1) is 0 Å². The monoisotopic (exact) mass is 252 g/mol. The van der Waals surface area contributed by atoms with Crippen LogP contribution in [-0.4, -0.2) is 31.8 Å². The van der Waals surface area contributed by atoms with Crippen LogP contribution in [0.25, 0.3) is 0 Å². The SMILES string of the molecule is NC(=NC1CCCS(=O)(=O)C1)c1ccccc1. The highest BCUT2D eigenvalue weighted by Gasteiger charge is 2.24. The van der Waals surface area contributed by atoms with Gasteiger partial charge in [0.1, 0.15) is 5.84 Å². The van der Waals surface area contributed by atoms with Crippen LogP contribution < -0.4 is 5.73 Å². The van der Waals surface area contributed by atoms with Crippen LogP contribution in [0.15, 0.2) is 35.3 Å². The third kappa shape index (κ3) is 3.30. The summed E-state index contributed by atoms with van der Waals surface area (Å²) < 4.78 is 22.9. The summed E-state index contributed by atoms with van der Waals surface area (Å²) in [6.45, 7) is 0. The molecule has 1 atom stereocenters. The molecule has 92 valence electrons. The summed E-state index contributed by atoms with van der Waals surface area (Å²) in [6, 6.07) is 9.23. The molecule has 0 spiro atoms. The highest BCUT2D eigenvalue weighted by molar-refractivity contribution is 7.91. The first-order valence-electron chi connectivity index (χ1n) is 5.66. The molecular weight excluding hydrogens is 236 g/mol. The average Bonchev–Trinajstić information content (AvgIpc) is 2.29. The zero-order valence-corrected chi connectivity index (χ0v) is 10.4. The minimum atomic E-state index is -2.92. The van der Waals surface area contributed by atoms with Crippen LogP contribution in [0.2, 0.25) is 0 Å². The van der Waals surface area contributed by atoms with Crippen molar-refractivity contribution in [3.8, 4) is 0 Å². The van der Waals surface area contributed by atoms with Crippen molar-refractivity contribution in [1.82, 2.24) is 0 Å². The lowest BCUT2D eigenvalue weighted by Crippen LogP contribution is -2.30. The molecule has 4 nitrogen and oxygen atoms in total. The fourth-order valence-electron chi connectivity index (χ4n) is 1.98. The lowest BCUT2D eigenvalue weighted by molar-refractivity contribution is 0.553. The Bertz CT molecular complexity index is 509. The molecule has 1 aromatic rings. The van der Waals surface area contributed by atoms with Gasteiger partial charge in [-0.3, -0.25) is 4.99 Å². The Labute approximate surface area is 101 Å². The number of nitrogens with two attached hydrogens (primary N) is 1. The van der Waals surface area contributed by atoms with E-state index in [0.29, 0.717) is 12.3 Å². The number of rotatable bonds is 2. The summed E-state index contributed by atoms with van der Waals surface area (Å²) >= 11 is 0. The van der Waals surface area contributed by atoms with Gasteiger partial charge in [-0.25, -0.2) is 8.42 Å². The largest absolute Gasteiger partial charge is 0.383 e. The summed E-state index contributed by atoms with van der Waals surface area (Å²) in [6.07, 6.45) is 1.48. The molecule has 0 aliphatic carbocycles. The van der Waals surface area contributed by atoms with Gasteiger partial charge in [-0.1, -0.05) is 30.3 Å². The van der Waals surface area contributed by atoms with E-state index in [9.17, 15) is 8.42 Å². The van der Waals surface area contributed by atoms with Gasteiger partial charge in [0.15, 0.2) is 9.84 Å². The number of hydrogen-bond acceptors (Lipinski definition) is 3. The van der Waals surface area contributed by atoms with E-state index in [1.165, 1.54) is 0 Å². The highest BCUT2D eigenvalue weighted by atomic mass is 32.2. The normalized spacial score (nSPS) is 24.5. The van der Waals surface area contributed by atoms with E-state index in [2.05, 4.69) is 4.99 Å². The molecule has 2 rings (SSSR count). The van der Waals surface area contributed by atoms with Crippen LogP contribution in [0.1, 0.15) is 18.4 Å². The van der Waals surface area contributed by atoms with Gasteiger partial charge in [0.2, 0.25) is 0 Å². The molecule has 5 heteroatoms. The summed E-state index contributed by atoms with van der Waals surface area (Å²) in [5.74, 6) is 0.831. The molecule has 2 N–H and O–H groups in total. The zero-order chi connectivity index (χ0) is 12.3. The van der Waals surface area contributed by atoms with E-state index in [1.807, 2.05) is 30.3 Å². The van der Waals surface area contributed by atoms with E-state index in [4.69, 9.17) is 5.73 Å². The maximum atomic E-state index is 11.5.